The standard InChI is InChI=1S/C16H23N3S/c1-4-17-13(2)15-5-7-16(8-6-15)20-10-9-14-11-18-19(3)12-14/h5-8,11-13,17H,4,9-10H2,1-3H3. The second kappa shape index (κ2) is 7.50. The lowest BCUT2D eigenvalue weighted by Gasteiger charge is -2.13. The van der Waals surface area contributed by atoms with Gasteiger partial charge in [0.05, 0.1) is 6.20 Å². The number of aryl methyl sites for hydroxylation is 2. The average Bonchev–Trinajstić information content (AvgIpc) is 2.85. The van der Waals surface area contributed by atoms with Gasteiger partial charge in [-0.05, 0) is 43.1 Å². The Labute approximate surface area is 125 Å². The van der Waals surface area contributed by atoms with E-state index < -0.39 is 0 Å². The minimum atomic E-state index is 0.425. The molecule has 1 unspecified atom stereocenters. The van der Waals surface area contributed by atoms with E-state index in [4.69, 9.17) is 0 Å². The van der Waals surface area contributed by atoms with Gasteiger partial charge in [0.1, 0.15) is 0 Å². The van der Waals surface area contributed by atoms with Crippen molar-refractivity contribution in [3.63, 3.8) is 0 Å². The molecule has 3 nitrogen and oxygen atoms in total. The molecule has 0 aliphatic carbocycles. The normalized spacial score (nSPS) is 12.6. The molecule has 1 N–H and O–H groups in total. The van der Waals surface area contributed by atoms with E-state index in [0.717, 1.165) is 18.7 Å². The molecule has 0 fully saturated rings. The lowest BCUT2D eigenvalue weighted by molar-refractivity contribution is 0.598. The van der Waals surface area contributed by atoms with Crippen LogP contribution in [0.25, 0.3) is 0 Å². The maximum Gasteiger partial charge on any atom is 0.0521 e. The smallest absolute Gasteiger partial charge is 0.0521 e. The van der Waals surface area contributed by atoms with Crippen LogP contribution in [0.2, 0.25) is 0 Å². The maximum absolute atomic E-state index is 4.19. The minimum absolute atomic E-state index is 0.425. The van der Waals surface area contributed by atoms with E-state index in [1.807, 2.05) is 29.7 Å². The van der Waals surface area contributed by atoms with Crippen LogP contribution in [0.5, 0.6) is 0 Å². The first-order chi connectivity index (χ1) is 9.69. The predicted octanol–water partition coefficient (Wildman–Crippen LogP) is 3.43. The van der Waals surface area contributed by atoms with Gasteiger partial charge < -0.3 is 5.32 Å². The summed E-state index contributed by atoms with van der Waals surface area (Å²) >= 11 is 1.90. The third kappa shape index (κ3) is 4.39. The van der Waals surface area contributed by atoms with Gasteiger partial charge in [-0.15, -0.1) is 11.8 Å². The van der Waals surface area contributed by atoms with Gasteiger partial charge in [0.25, 0.3) is 0 Å². The lowest BCUT2D eigenvalue weighted by Crippen LogP contribution is -2.17. The van der Waals surface area contributed by atoms with Gasteiger partial charge in [-0.25, -0.2) is 0 Å². The molecule has 2 aromatic rings. The van der Waals surface area contributed by atoms with E-state index >= 15 is 0 Å². The first kappa shape index (κ1) is 15.1. The van der Waals surface area contributed by atoms with Crippen molar-refractivity contribution in [3.8, 4) is 0 Å². The van der Waals surface area contributed by atoms with E-state index in [1.54, 1.807) is 0 Å². The van der Waals surface area contributed by atoms with Crippen LogP contribution >= 0.6 is 11.8 Å². The summed E-state index contributed by atoms with van der Waals surface area (Å²) in [5.74, 6) is 1.09. The fourth-order valence-corrected chi connectivity index (χ4v) is 3.07. The maximum atomic E-state index is 4.19. The quantitative estimate of drug-likeness (QED) is 0.792. The average molecular weight is 289 g/mol. The Morgan fingerprint density at radius 3 is 2.65 bits per heavy atom. The van der Waals surface area contributed by atoms with E-state index in [2.05, 4.69) is 54.7 Å². The fraction of sp³-hybridized carbons (Fsp3) is 0.438. The van der Waals surface area contributed by atoms with Gasteiger partial charge in [0, 0.05) is 29.9 Å². The molecule has 0 saturated carbocycles. The van der Waals surface area contributed by atoms with Crippen molar-refractivity contribution >= 4 is 11.8 Å². The third-order valence-corrected chi connectivity index (χ3v) is 4.32. The minimum Gasteiger partial charge on any atom is -0.310 e. The Hall–Kier alpha value is -1.26. The van der Waals surface area contributed by atoms with Gasteiger partial charge in [0.15, 0.2) is 0 Å². The van der Waals surface area contributed by atoms with Crippen molar-refractivity contribution in [2.24, 2.45) is 7.05 Å². The van der Waals surface area contributed by atoms with E-state index in [0.29, 0.717) is 6.04 Å². The molecule has 20 heavy (non-hydrogen) atoms. The van der Waals surface area contributed by atoms with Crippen LogP contribution in [0.1, 0.15) is 31.0 Å². The van der Waals surface area contributed by atoms with Crippen molar-refractivity contribution in [1.29, 1.82) is 0 Å². The molecular weight excluding hydrogens is 266 g/mol. The molecule has 0 aliphatic heterocycles. The number of nitrogens with zero attached hydrogens (tertiary/aromatic N) is 2. The zero-order valence-electron chi connectivity index (χ0n) is 12.5. The molecule has 0 bridgehead atoms. The SMILES string of the molecule is CCNC(C)c1ccc(SCCc2cnn(C)c2)cc1. The van der Waals surface area contributed by atoms with E-state index in [9.17, 15) is 0 Å². The van der Waals surface area contributed by atoms with Crippen LogP contribution in [-0.4, -0.2) is 22.1 Å². The molecule has 1 atom stereocenters. The Morgan fingerprint density at radius 1 is 1.30 bits per heavy atom. The molecule has 0 amide bonds. The largest absolute Gasteiger partial charge is 0.310 e. The summed E-state index contributed by atoms with van der Waals surface area (Å²) in [6.45, 7) is 5.34. The van der Waals surface area contributed by atoms with Crippen LogP contribution in [0, 0.1) is 0 Å². The first-order valence-electron chi connectivity index (χ1n) is 7.12. The number of aromatic nitrogens is 2. The van der Waals surface area contributed by atoms with Gasteiger partial charge in [-0.1, -0.05) is 19.1 Å². The van der Waals surface area contributed by atoms with Crippen molar-refractivity contribution in [2.45, 2.75) is 31.2 Å². The number of thioether (sulfide) groups is 1. The van der Waals surface area contributed by atoms with Crippen molar-refractivity contribution in [3.05, 3.63) is 47.8 Å². The lowest BCUT2D eigenvalue weighted by atomic mass is 10.1. The molecule has 0 spiro atoms. The summed E-state index contributed by atoms with van der Waals surface area (Å²) in [4.78, 5) is 1.33. The summed E-state index contributed by atoms with van der Waals surface area (Å²) in [7, 11) is 1.96. The topological polar surface area (TPSA) is 29.9 Å². The van der Waals surface area contributed by atoms with Gasteiger partial charge in [0.2, 0.25) is 0 Å². The van der Waals surface area contributed by atoms with Gasteiger partial charge in [-0.3, -0.25) is 4.68 Å². The van der Waals surface area contributed by atoms with Crippen LogP contribution in [0.4, 0.5) is 0 Å². The van der Waals surface area contributed by atoms with Gasteiger partial charge >= 0.3 is 0 Å². The zero-order valence-corrected chi connectivity index (χ0v) is 13.3. The zero-order chi connectivity index (χ0) is 14.4. The third-order valence-electron chi connectivity index (χ3n) is 3.31. The summed E-state index contributed by atoms with van der Waals surface area (Å²) in [6, 6.07) is 9.31. The Kier molecular flexibility index (Phi) is 5.68. The summed E-state index contributed by atoms with van der Waals surface area (Å²) in [5.41, 5.74) is 2.65. The van der Waals surface area contributed by atoms with Crippen LogP contribution in [-0.2, 0) is 13.5 Å². The van der Waals surface area contributed by atoms with Crippen molar-refractivity contribution in [2.75, 3.05) is 12.3 Å². The molecule has 4 heteroatoms. The van der Waals surface area contributed by atoms with E-state index in [-0.39, 0.29) is 0 Å². The van der Waals surface area contributed by atoms with Crippen molar-refractivity contribution < 1.29 is 0 Å². The Bertz CT molecular complexity index is 519. The van der Waals surface area contributed by atoms with Crippen LogP contribution in [0.15, 0.2) is 41.6 Å². The Morgan fingerprint density at radius 2 is 2.05 bits per heavy atom. The predicted molar refractivity (Wildman–Crippen MR) is 86.2 cm³/mol. The number of nitrogens with one attached hydrogen (secondary N) is 1. The molecule has 1 heterocycles. The van der Waals surface area contributed by atoms with E-state index in [1.165, 1.54) is 16.0 Å². The van der Waals surface area contributed by atoms with Gasteiger partial charge in [-0.2, -0.15) is 5.10 Å². The molecular formula is C16H23N3S. The highest BCUT2D eigenvalue weighted by Gasteiger charge is 2.03. The van der Waals surface area contributed by atoms with Crippen LogP contribution < -0.4 is 5.32 Å². The number of hydrogen-bond acceptors (Lipinski definition) is 3. The second-order valence-electron chi connectivity index (χ2n) is 4.97. The van der Waals surface area contributed by atoms with Crippen LogP contribution in [0.3, 0.4) is 0 Å². The van der Waals surface area contributed by atoms with Crippen molar-refractivity contribution in [1.82, 2.24) is 15.1 Å². The molecule has 1 aromatic heterocycles. The molecule has 0 radical (unpaired) electrons. The number of rotatable bonds is 7. The molecule has 108 valence electrons. The fourth-order valence-electron chi connectivity index (χ4n) is 2.16. The summed E-state index contributed by atoms with van der Waals surface area (Å²) in [6.07, 6.45) is 5.09. The first-order valence-corrected chi connectivity index (χ1v) is 8.11. The monoisotopic (exact) mass is 289 g/mol. The molecule has 0 saturated heterocycles. The number of hydrogen-bond donors (Lipinski definition) is 1. The molecule has 1 aromatic carbocycles. The summed E-state index contributed by atoms with van der Waals surface area (Å²) in [5, 5.41) is 7.62. The highest BCUT2D eigenvalue weighted by atomic mass is 32.2. The Balaban J connectivity index is 1.81. The highest BCUT2D eigenvalue weighted by Crippen LogP contribution is 2.21. The highest BCUT2D eigenvalue weighted by molar-refractivity contribution is 7.99. The molecule has 2 rings (SSSR count). The second-order valence-corrected chi connectivity index (χ2v) is 6.14. The summed E-state index contributed by atoms with van der Waals surface area (Å²) < 4.78 is 1.86. The number of benzene rings is 1. The molecule has 0 aliphatic rings.